The lowest BCUT2D eigenvalue weighted by Crippen LogP contribution is -2.50. The van der Waals surface area contributed by atoms with Crippen LogP contribution in [-0.2, 0) is 22.3 Å². The van der Waals surface area contributed by atoms with Gasteiger partial charge in [0.05, 0.1) is 21.8 Å². The maximum atomic E-state index is 14.3. The summed E-state index contributed by atoms with van der Waals surface area (Å²) in [5, 5.41) is 0.178. The molecule has 8 nitrogen and oxygen atoms in total. The Kier molecular flexibility index (Phi) is 6.97. The first-order chi connectivity index (χ1) is 17.4. The summed E-state index contributed by atoms with van der Waals surface area (Å²) in [5.41, 5.74) is -2.37. The van der Waals surface area contributed by atoms with Gasteiger partial charge in [-0.05, 0) is 65.3 Å². The van der Waals surface area contributed by atoms with Gasteiger partial charge in [0, 0.05) is 25.2 Å². The Morgan fingerprint density at radius 3 is 2.21 bits per heavy atom. The molecule has 1 aromatic carbocycles. The van der Waals surface area contributed by atoms with E-state index in [-0.39, 0.29) is 47.4 Å². The fraction of sp³-hybridized carbons (Fsp3) is 0.500. The number of benzene rings is 1. The van der Waals surface area contributed by atoms with Gasteiger partial charge in [0.1, 0.15) is 17.8 Å². The van der Waals surface area contributed by atoms with Crippen molar-refractivity contribution >= 4 is 35.3 Å². The van der Waals surface area contributed by atoms with Gasteiger partial charge in [-0.25, -0.2) is 19.5 Å². The molecule has 0 atom stereocenters. The number of ether oxygens (including phenoxy) is 3. The van der Waals surface area contributed by atoms with Crippen LogP contribution in [0.3, 0.4) is 0 Å². The summed E-state index contributed by atoms with van der Waals surface area (Å²) in [4.78, 5) is 32.4. The predicted octanol–water partition coefficient (Wildman–Crippen LogP) is 7.05. The molecule has 0 saturated carbocycles. The third-order valence-electron chi connectivity index (χ3n) is 5.77. The average molecular weight is 556 g/mol. The highest BCUT2D eigenvalue weighted by Crippen LogP contribution is 2.49. The lowest BCUT2D eigenvalue weighted by molar-refractivity contribution is -0.139. The number of likely N-dealkylation sites (tertiary alicyclic amines) is 1. The molecule has 2 aliphatic heterocycles. The molecular weight excluding hydrogens is 527 g/mol. The topological polar surface area (TPSA) is 81.2 Å². The van der Waals surface area contributed by atoms with Gasteiger partial charge >= 0.3 is 18.4 Å². The van der Waals surface area contributed by atoms with Gasteiger partial charge < -0.3 is 19.1 Å². The van der Waals surface area contributed by atoms with Gasteiger partial charge in [-0.2, -0.15) is 13.2 Å². The lowest BCUT2D eigenvalue weighted by Gasteiger charge is -2.40. The Bertz CT molecular complexity index is 1260. The first kappa shape index (κ1) is 27.8. The zero-order valence-corrected chi connectivity index (χ0v) is 22.7. The molecule has 12 heteroatoms. The van der Waals surface area contributed by atoms with Crippen LogP contribution in [0, 0.1) is 0 Å². The Hall–Kier alpha value is -3.21. The van der Waals surface area contributed by atoms with E-state index in [9.17, 15) is 22.8 Å². The number of hydrogen-bond acceptors (Lipinski definition) is 6. The summed E-state index contributed by atoms with van der Waals surface area (Å²) in [6.07, 6.45) is -4.94. The number of nitrogens with zero attached hydrogens (tertiary/aromatic N) is 3. The van der Waals surface area contributed by atoms with Crippen LogP contribution < -0.4 is 9.64 Å². The van der Waals surface area contributed by atoms with Gasteiger partial charge in [-0.3, -0.25) is 0 Å². The second-order valence-corrected chi connectivity index (χ2v) is 11.6. The molecule has 0 N–H and O–H groups in total. The van der Waals surface area contributed by atoms with E-state index in [1.807, 2.05) is 0 Å². The van der Waals surface area contributed by atoms with E-state index in [2.05, 4.69) is 4.98 Å². The second-order valence-electron chi connectivity index (χ2n) is 11.2. The van der Waals surface area contributed by atoms with Crippen molar-refractivity contribution in [2.45, 2.75) is 71.4 Å². The van der Waals surface area contributed by atoms with Gasteiger partial charge in [0.25, 0.3) is 0 Å². The number of hydrogen-bond donors (Lipinski definition) is 0. The molecule has 4 rings (SSSR count). The maximum Gasteiger partial charge on any atom is 0.420 e. The molecule has 3 heterocycles. The quantitative estimate of drug-likeness (QED) is 0.375. The number of anilines is 2. The lowest BCUT2D eigenvalue weighted by atomic mass is 9.89. The average Bonchev–Trinajstić information content (AvgIpc) is 2.86. The molecule has 1 saturated heterocycles. The smallest absolute Gasteiger partial charge is 0.420 e. The van der Waals surface area contributed by atoms with Crippen LogP contribution in [0.5, 0.6) is 5.75 Å². The second kappa shape index (κ2) is 9.52. The molecular formula is C26H29ClF3N3O5. The summed E-state index contributed by atoms with van der Waals surface area (Å²) in [6.45, 7) is 10.1. The molecule has 2 aliphatic rings. The van der Waals surface area contributed by atoms with Crippen molar-refractivity contribution in [3.63, 3.8) is 0 Å². The highest BCUT2D eigenvalue weighted by molar-refractivity contribution is 6.31. The number of pyridine rings is 1. The molecule has 2 amide bonds. The fourth-order valence-electron chi connectivity index (χ4n) is 4.10. The van der Waals surface area contributed by atoms with Crippen molar-refractivity contribution in [2.75, 3.05) is 18.0 Å². The van der Waals surface area contributed by atoms with Crippen LogP contribution in [0.15, 0.2) is 24.4 Å². The molecule has 0 aliphatic carbocycles. The summed E-state index contributed by atoms with van der Waals surface area (Å²) in [7, 11) is 0. The normalized spacial score (nSPS) is 16.1. The summed E-state index contributed by atoms with van der Waals surface area (Å²) in [6, 6.07) is 3.90. The van der Waals surface area contributed by atoms with Gasteiger partial charge in [-0.15, -0.1) is 0 Å². The van der Waals surface area contributed by atoms with Crippen LogP contribution in [0.1, 0.15) is 64.2 Å². The molecule has 2 aromatic rings. The Balaban J connectivity index is 1.81. The number of amides is 2. The van der Waals surface area contributed by atoms with Crippen molar-refractivity contribution in [1.29, 1.82) is 0 Å². The van der Waals surface area contributed by atoms with Gasteiger partial charge in [0.15, 0.2) is 11.6 Å². The zero-order chi connectivity index (χ0) is 28.2. The van der Waals surface area contributed by atoms with Crippen molar-refractivity contribution < 1.29 is 37.0 Å². The third kappa shape index (κ3) is 5.77. The zero-order valence-electron chi connectivity index (χ0n) is 21.9. The molecule has 0 unspecified atom stereocenters. The van der Waals surface area contributed by atoms with Gasteiger partial charge in [-0.1, -0.05) is 11.6 Å². The van der Waals surface area contributed by atoms with Crippen molar-refractivity contribution in [1.82, 2.24) is 9.88 Å². The van der Waals surface area contributed by atoms with E-state index in [4.69, 9.17) is 25.8 Å². The first-order valence-electron chi connectivity index (χ1n) is 12.0. The molecule has 38 heavy (non-hydrogen) atoms. The number of halogens is 4. The largest absolute Gasteiger partial charge is 0.486 e. The monoisotopic (exact) mass is 555 g/mol. The highest BCUT2D eigenvalue weighted by Gasteiger charge is 2.43. The third-order valence-corrected chi connectivity index (χ3v) is 6.12. The molecule has 1 aromatic heterocycles. The minimum atomic E-state index is -4.80. The number of carbonyl (C=O) groups excluding carboxylic acids is 2. The van der Waals surface area contributed by atoms with E-state index < -0.39 is 46.8 Å². The van der Waals surface area contributed by atoms with Crippen LogP contribution >= 0.6 is 11.6 Å². The first-order valence-corrected chi connectivity index (χ1v) is 12.3. The number of alkyl halides is 3. The molecule has 1 fully saturated rings. The predicted molar refractivity (Wildman–Crippen MR) is 134 cm³/mol. The van der Waals surface area contributed by atoms with E-state index in [0.717, 1.165) is 11.0 Å². The van der Waals surface area contributed by atoms with E-state index >= 15 is 0 Å². The van der Waals surface area contributed by atoms with Gasteiger partial charge in [0.2, 0.25) is 0 Å². The summed E-state index contributed by atoms with van der Waals surface area (Å²) < 4.78 is 59.5. The number of aromatic nitrogens is 1. The SMILES string of the molecule is CC(C)(C)OC(=O)N1CC(c2cc3c(c(C(F)(F)F)c2)OCc2c(Cl)ccnc2N3C(=O)OC(C)(C)C)C1. The minimum Gasteiger partial charge on any atom is -0.486 e. The maximum absolute atomic E-state index is 14.3. The van der Waals surface area contributed by atoms with E-state index in [1.54, 1.807) is 41.5 Å². The van der Waals surface area contributed by atoms with Crippen LogP contribution in [0.4, 0.5) is 34.3 Å². The fourth-order valence-corrected chi connectivity index (χ4v) is 4.30. The van der Waals surface area contributed by atoms with E-state index in [1.165, 1.54) is 23.2 Å². The highest BCUT2D eigenvalue weighted by atomic mass is 35.5. The molecule has 0 bridgehead atoms. The van der Waals surface area contributed by atoms with Crippen LogP contribution in [0.2, 0.25) is 5.02 Å². The summed E-state index contributed by atoms with van der Waals surface area (Å²) >= 11 is 6.32. The Morgan fingerprint density at radius 2 is 1.63 bits per heavy atom. The number of carbonyl (C=O) groups is 2. The molecule has 0 radical (unpaired) electrons. The number of fused-ring (bicyclic) bond motifs is 2. The summed E-state index contributed by atoms with van der Waals surface area (Å²) in [5.74, 6) is -0.950. The standard InChI is InChI=1S/C26H29ClF3N3O5/c1-24(2,3)37-22(34)32-11-15(12-32)14-9-17(26(28,29)30)20-19(10-14)33(23(35)38-25(4,5)6)21-16(13-36-20)18(27)7-8-31-21/h7-10,15H,11-13H2,1-6H3. The molecule has 0 spiro atoms. The van der Waals surface area contributed by atoms with E-state index in [0.29, 0.717) is 0 Å². The molecule has 206 valence electrons. The van der Waals surface area contributed by atoms with Crippen molar-refractivity contribution in [3.8, 4) is 5.75 Å². The van der Waals surface area contributed by atoms with Crippen molar-refractivity contribution in [3.05, 3.63) is 46.1 Å². The number of rotatable bonds is 1. The van der Waals surface area contributed by atoms with Crippen LogP contribution in [-0.4, -0.2) is 46.4 Å². The Morgan fingerprint density at radius 1 is 1.03 bits per heavy atom. The Labute approximate surface area is 223 Å². The van der Waals surface area contributed by atoms with Crippen LogP contribution in [0.25, 0.3) is 0 Å². The van der Waals surface area contributed by atoms with Crippen molar-refractivity contribution in [2.24, 2.45) is 0 Å². The minimum absolute atomic E-state index is 0.0137.